The van der Waals surface area contributed by atoms with E-state index in [1.54, 1.807) is 49.7 Å². The van der Waals surface area contributed by atoms with Crippen molar-refractivity contribution in [2.75, 3.05) is 13.2 Å². The Kier molecular flexibility index (Phi) is 5.76. The summed E-state index contributed by atoms with van der Waals surface area (Å²) in [4.78, 5) is 20.6. The first-order valence-electron chi connectivity index (χ1n) is 10.2. The lowest BCUT2D eigenvalue weighted by Crippen LogP contribution is -2.39. The predicted molar refractivity (Wildman–Crippen MR) is 110 cm³/mol. The van der Waals surface area contributed by atoms with Crippen molar-refractivity contribution in [3.8, 4) is 34.4 Å². The lowest BCUT2D eigenvalue weighted by atomic mass is 10.1. The molecule has 0 amide bonds. The molecule has 9 nitrogen and oxygen atoms in total. The highest BCUT2D eigenvalue weighted by Gasteiger charge is 2.33. The van der Waals surface area contributed by atoms with E-state index < -0.39 is 24.3 Å². The Morgan fingerprint density at radius 2 is 2.03 bits per heavy atom. The molecule has 0 N–H and O–H groups in total. The van der Waals surface area contributed by atoms with Crippen molar-refractivity contribution >= 4 is 5.97 Å². The molecule has 0 radical (unpaired) electrons. The molecule has 1 aliphatic rings. The summed E-state index contributed by atoms with van der Waals surface area (Å²) in [5.74, 6) is 0.905. The molecule has 0 bridgehead atoms. The number of ether oxygens (including phenoxy) is 3. The van der Waals surface area contributed by atoms with Gasteiger partial charge in [0, 0.05) is 12.3 Å². The van der Waals surface area contributed by atoms with E-state index >= 15 is 0 Å². The van der Waals surface area contributed by atoms with E-state index in [1.165, 1.54) is 0 Å². The normalized spacial score (nSPS) is 13.5. The minimum absolute atomic E-state index is 0.0199. The summed E-state index contributed by atoms with van der Waals surface area (Å²) in [7, 11) is 0. The van der Waals surface area contributed by atoms with E-state index in [0.717, 1.165) is 11.0 Å². The number of hydrogen-bond donors (Lipinski definition) is 0. The van der Waals surface area contributed by atoms with Crippen molar-refractivity contribution < 1.29 is 32.2 Å². The lowest BCUT2D eigenvalue weighted by Gasteiger charge is -2.24. The number of benzene rings is 1. The first-order valence-corrected chi connectivity index (χ1v) is 10.2. The Hall–Kier alpha value is -3.57. The third kappa shape index (κ3) is 4.78. The maximum atomic E-state index is 12.9. The van der Waals surface area contributed by atoms with E-state index in [9.17, 15) is 18.0 Å². The molecule has 4 rings (SSSR count). The second-order valence-electron chi connectivity index (χ2n) is 7.84. The second kappa shape index (κ2) is 8.41. The van der Waals surface area contributed by atoms with Crippen molar-refractivity contribution in [1.29, 1.82) is 0 Å². The van der Waals surface area contributed by atoms with Crippen LogP contribution in [0.25, 0.3) is 22.9 Å². The third-order valence-electron chi connectivity index (χ3n) is 4.87. The van der Waals surface area contributed by atoms with Gasteiger partial charge in [-0.05, 0) is 32.9 Å². The second-order valence-corrected chi connectivity index (χ2v) is 7.84. The smallest absolute Gasteiger partial charge is 0.408 e. The minimum atomic E-state index is -4.44. The minimum Gasteiger partial charge on any atom is -0.491 e. The van der Waals surface area contributed by atoms with Gasteiger partial charge in [-0.3, -0.25) is 0 Å². The SMILES string of the molecule is CCOC(=O)C(C)(C)Oc1ccc2c(c1)OCCn1cc(-c3ncnn3CC(F)(F)F)nc1-2. The average molecular weight is 465 g/mol. The number of fused-ring (bicyclic) bond motifs is 3. The summed E-state index contributed by atoms with van der Waals surface area (Å²) < 4.78 is 57.9. The average Bonchev–Trinajstić information content (AvgIpc) is 3.30. The zero-order chi connectivity index (χ0) is 23.8. The van der Waals surface area contributed by atoms with Crippen LogP contribution in [0.3, 0.4) is 0 Å². The van der Waals surface area contributed by atoms with Crippen molar-refractivity contribution in [2.45, 2.75) is 45.6 Å². The van der Waals surface area contributed by atoms with E-state index in [4.69, 9.17) is 14.2 Å². The molecule has 33 heavy (non-hydrogen) atoms. The molecule has 3 heterocycles. The summed E-state index contributed by atoms with van der Waals surface area (Å²) in [5.41, 5.74) is -0.311. The molecule has 0 unspecified atom stereocenters. The van der Waals surface area contributed by atoms with E-state index in [-0.39, 0.29) is 18.1 Å². The molecule has 12 heteroatoms. The lowest BCUT2D eigenvalue weighted by molar-refractivity contribution is -0.158. The van der Waals surface area contributed by atoms with Crippen LogP contribution in [0, 0.1) is 0 Å². The van der Waals surface area contributed by atoms with Crippen LogP contribution in [0.5, 0.6) is 11.5 Å². The van der Waals surface area contributed by atoms with Crippen molar-refractivity contribution in [3.05, 3.63) is 30.7 Å². The monoisotopic (exact) mass is 465 g/mol. The van der Waals surface area contributed by atoms with Gasteiger partial charge in [0.15, 0.2) is 11.4 Å². The summed E-state index contributed by atoms with van der Waals surface area (Å²) in [6, 6.07) is 5.03. The molecule has 3 aromatic rings. The van der Waals surface area contributed by atoms with Crippen LogP contribution in [0.1, 0.15) is 20.8 Å². The van der Waals surface area contributed by atoms with E-state index in [0.29, 0.717) is 36.0 Å². The number of aromatic nitrogens is 5. The Morgan fingerprint density at radius 3 is 2.76 bits per heavy atom. The molecule has 0 saturated heterocycles. The number of hydrogen-bond acceptors (Lipinski definition) is 7. The molecule has 1 aliphatic heterocycles. The van der Waals surface area contributed by atoms with Gasteiger partial charge < -0.3 is 18.8 Å². The number of rotatable bonds is 6. The number of carbonyl (C=O) groups is 1. The Balaban J connectivity index is 1.65. The first kappa shape index (κ1) is 22.6. The van der Waals surface area contributed by atoms with Gasteiger partial charge in [-0.15, -0.1) is 0 Å². The highest BCUT2D eigenvalue weighted by atomic mass is 19.4. The maximum absolute atomic E-state index is 12.9. The molecule has 0 spiro atoms. The molecule has 176 valence electrons. The standard InChI is InChI=1S/C21H22F3N5O4/c1-4-31-19(30)20(2,3)33-13-5-6-14-16(9-13)32-8-7-28-10-15(27-17(14)28)18-25-12-26-29(18)11-21(22,23)24/h5-6,9-10,12H,4,7-8,11H2,1-3H3. The van der Waals surface area contributed by atoms with Gasteiger partial charge in [-0.2, -0.15) is 18.3 Å². The van der Waals surface area contributed by atoms with Gasteiger partial charge in [0.1, 0.15) is 42.5 Å². The van der Waals surface area contributed by atoms with Crippen molar-refractivity contribution in [1.82, 2.24) is 24.3 Å². The number of carbonyl (C=O) groups excluding carboxylic acids is 1. The number of nitrogens with zero attached hydrogens (tertiary/aromatic N) is 5. The zero-order valence-corrected chi connectivity index (χ0v) is 18.2. The fourth-order valence-electron chi connectivity index (χ4n) is 3.42. The first-order chi connectivity index (χ1) is 15.6. The predicted octanol–water partition coefficient (Wildman–Crippen LogP) is 3.48. The highest BCUT2D eigenvalue weighted by molar-refractivity contribution is 5.79. The van der Waals surface area contributed by atoms with E-state index in [1.807, 2.05) is 0 Å². The van der Waals surface area contributed by atoms with Crippen LogP contribution in [0.15, 0.2) is 30.7 Å². The van der Waals surface area contributed by atoms with Crippen LogP contribution >= 0.6 is 0 Å². The largest absolute Gasteiger partial charge is 0.491 e. The molecular weight excluding hydrogens is 443 g/mol. The van der Waals surface area contributed by atoms with Gasteiger partial charge in [0.05, 0.1) is 18.7 Å². The van der Waals surface area contributed by atoms with Crippen LogP contribution < -0.4 is 9.47 Å². The Labute approximate surface area is 187 Å². The van der Waals surface area contributed by atoms with Crippen molar-refractivity contribution in [3.63, 3.8) is 0 Å². The quantitative estimate of drug-likeness (QED) is 0.515. The Bertz CT molecular complexity index is 1170. The molecule has 0 saturated carbocycles. The fraction of sp³-hybridized carbons (Fsp3) is 0.429. The molecule has 0 fully saturated rings. The Morgan fingerprint density at radius 1 is 1.24 bits per heavy atom. The summed E-state index contributed by atoms with van der Waals surface area (Å²) in [5, 5.41) is 3.68. The van der Waals surface area contributed by atoms with Gasteiger partial charge in [-0.1, -0.05) is 0 Å². The number of alkyl halides is 3. The highest BCUT2D eigenvalue weighted by Crippen LogP contribution is 2.37. The van der Waals surface area contributed by atoms with Gasteiger partial charge in [0.2, 0.25) is 0 Å². The summed E-state index contributed by atoms with van der Waals surface area (Å²) in [6.45, 7) is 4.62. The van der Waals surface area contributed by atoms with Crippen LogP contribution in [-0.2, 0) is 22.6 Å². The van der Waals surface area contributed by atoms with Crippen LogP contribution in [0.2, 0.25) is 0 Å². The molecule has 1 aromatic carbocycles. The maximum Gasteiger partial charge on any atom is 0.408 e. The molecule has 0 atom stereocenters. The van der Waals surface area contributed by atoms with Gasteiger partial charge in [-0.25, -0.2) is 19.4 Å². The fourth-order valence-corrected chi connectivity index (χ4v) is 3.42. The topological polar surface area (TPSA) is 93.3 Å². The summed E-state index contributed by atoms with van der Waals surface area (Å²) in [6.07, 6.45) is -1.75. The number of esters is 1. The number of imidazole rings is 1. The van der Waals surface area contributed by atoms with Crippen molar-refractivity contribution in [2.24, 2.45) is 0 Å². The van der Waals surface area contributed by atoms with Gasteiger partial charge >= 0.3 is 12.1 Å². The van der Waals surface area contributed by atoms with Crippen LogP contribution in [0.4, 0.5) is 13.2 Å². The zero-order valence-electron chi connectivity index (χ0n) is 18.2. The molecular formula is C21H22F3N5O4. The third-order valence-corrected chi connectivity index (χ3v) is 4.87. The summed E-state index contributed by atoms with van der Waals surface area (Å²) >= 11 is 0. The molecule has 0 aliphatic carbocycles. The van der Waals surface area contributed by atoms with E-state index in [2.05, 4.69) is 15.1 Å². The van der Waals surface area contributed by atoms with Gasteiger partial charge in [0.25, 0.3) is 0 Å². The number of halogens is 3. The molecule has 2 aromatic heterocycles. The van der Waals surface area contributed by atoms with Crippen LogP contribution in [-0.4, -0.2) is 55.3 Å².